The summed E-state index contributed by atoms with van der Waals surface area (Å²) in [5.74, 6) is 0. The summed E-state index contributed by atoms with van der Waals surface area (Å²) in [7, 11) is 0. The van der Waals surface area contributed by atoms with Crippen molar-refractivity contribution in [2.24, 2.45) is 0 Å². The molecule has 0 saturated heterocycles. The average molecular weight is 228 g/mol. The second-order valence-corrected chi connectivity index (χ2v) is 4.47. The highest BCUT2D eigenvalue weighted by atomic mass is 14.9. The minimum atomic E-state index is 0.436. The number of aromatic nitrogens is 1. The fourth-order valence-corrected chi connectivity index (χ4v) is 2.01. The van der Waals surface area contributed by atoms with Crippen LogP contribution in [0.3, 0.4) is 0 Å². The van der Waals surface area contributed by atoms with Crippen LogP contribution in [0.4, 0.5) is 0 Å². The Balaban J connectivity index is 1.99. The Kier molecular flexibility index (Phi) is 3.99. The summed E-state index contributed by atoms with van der Waals surface area (Å²) in [5.41, 5.74) is 3.98. The number of aryl methyl sites for hydroxylation is 1. The maximum Gasteiger partial charge on any atom is 0.0320 e. The number of benzene rings is 1. The molecule has 2 nitrogen and oxygen atoms in total. The maximum atomic E-state index is 3.59. The highest BCUT2D eigenvalue weighted by Gasteiger charge is 2.08. The lowest BCUT2D eigenvalue weighted by Gasteiger charge is -2.17. The van der Waals surface area contributed by atoms with E-state index < -0.39 is 0 Å². The number of aromatic amines is 1. The van der Waals surface area contributed by atoms with E-state index in [1.165, 1.54) is 16.7 Å². The first-order valence-electron chi connectivity index (χ1n) is 6.21. The summed E-state index contributed by atoms with van der Waals surface area (Å²) in [5, 5.41) is 3.59. The topological polar surface area (TPSA) is 27.8 Å². The average Bonchev–Trinajstić information content (AvgIpc) is 2.85. The molecule has 0 bridgehead atoms. The molecule has 1 atom stereocenters. The van der Waals surface area contributed by atoms with E-state index in [0.29, 0.717) is 6.04 Å². The lowest BCUT2D eigenvalue weighted by molar-refractivity contribution is 0.519. The van der Waals surface area contributed by atoms with Gasteiger partial charge in [-0.15, -0.1) is 0 Å². The lowest BCUT2D eigenvalue weighted by Crippen LogP contribution is -2.19. The van der Waals surface area contributed by atoms with Crippen molar-refractivity contribution in [3.05, 3.63) is 59.4 Å². The van der Waals surface area contributed by atoms with Crippen LogP contribution in [-0.2, 0) is 6.54 Å². The molecule has 2 aromatic rings. The van der Waals surface area contributed by atoms with Gasteiger partial charge in [-0.05, 0) is 30.5 Å². The van der Waals surface area contributed by atoms with Crippen LogP contribution in [0.15, 0.2) is 42.7 Å². The van der Waals surface area contributed by atoms with Gasteiger partial charge < -0.3 is 10.3 Å². The molecule has 1 heterocycles. The zero-order chi connectivity index (χ0) is 12.1. The highest BCUT2D eigenvalue weighted by Crippen LogP contribution is 2.17. The van der Waals surface area contributed by atoms with Gasteiger partial charge in [0, 0.05) is 25.0 Å². The van der Waals surface area contributed by atoms with Crippen molar-refractivity contribution >= 4 is 0 Å². The molecule has 0 aliphatic carbocycles. The molecule has 0 aliphatic rings. The molecule has 2 N–H and O–H groups in total. The Morgan fingerprint density at radius 2 is 1.94 bits per heavy atom. The van der Waals surface area contributed by atoms with Crippen molar-refractivity contribution < 1.29 is 0 Å². The normalized spacial score (nSPS) is 12.6. The standard InChI is InChI=1S/C15H20N2/c1-3-15(14-6-4-12(2)5-7-14)17-11-13-8-9-16-10-13/h4-10,15-17H,3,11H2,1-2H3. The molecule has 90 valence electrons. The zero-order valence-corrected chi connectivity index (χ0v) is 10.5. The first kappa shape index (κ1) is 11.9. The summed E-state index contributed by atoms with van der Waals surface area (Å²) < 4.78 is 0. The van der Waals surface area contributed by atoms with Crippen molar-refractivity contribution in [3.63, 3.8) is 0 Å². The van der Waals surface area contributed by atoms with Crippen LogP contribution in [0.5, 0.6) is 0 Å². The lowest BCUT2D eigenvalue weighted by atomic mass is 10.0. The van der Waals surface area contributed by atoms with E-state index in [1.807, 2.05) is 12.4 Å². The van der Waals surface area contributed by atoms with Gasteiger partial charge >= 0.3 is 0 Å². The number of H-pyrrole nitrogens is 1. The monoisotopic (exact) mass is 228 g/mol. The van der Waals surface area contributed by atoms with E-state index in [1.54, 1.807) is 0 Å². The molecule has 2 rings (SSSR count). The molecular formula is C15H20N2. The second kappa shape index (κ2) is 5.69. The van der Waals surface area contributed by atoms with Crippen LogP contribution < -0.4 is 5.32 Å². The second-order valence-electron chi connectivity index (χ2n) is 4.47. The third-order valence-corrected chi connectivity index (χ3v) is 3.10. The molecule has 0 aliphatic heterocycles. The van der Waals surface area contributed by atoms with Crippen LogP contribution in [0.25, 0.3) is 0 Å². The quantitative estimate of drug-likeness (QED) is 0.804. The molecule has 0 fully saturated rings. The van der Waals surface area contributed by atoms with Crippen LogP contribution in [0, 0.1) is 6.92 Å². The minimum Gasteiger partial charge on any atom is -0.367 e. The van der Waals surface area contributed by atoms with Gasteiger partial charge in [0.2, 0.25) is 0 Å². The van der Waals surface area contributed by atoms with Gasteiger partial charge in [0.05, 0.1) is 0 Å². The van der Waals surface area contributed by atoms with Crippen LogP contribution >= 0.6 is 0 Å². The Hall–Kier alpha value is -1.54. The molecule has 1 unspecified atom stereocenters. The summed E-state index contributed by atoms with van der Waals surface area (Å²) in [6, 6.07) is 11.3. The van der Waals surface area contributed by atoms with E-state index in [9.17, 15) is 0 Å². The predicted octanol–water partition coefficient (Wildman–Crippen LogP) is 3.56. The highest BCUT2D eigenvalue weighted by molar-refractivity contribution is 5.24. The third-order valence-electron chi connectivity index (χ3n) is 3.10. The van der Waals surface area contributed by atoms with Gasteiger partial charge in [0.25, 0.3) is 0 Å². The number of hydrogen-bond donors (Lipinski definition) is 2. The molecule has 0 radical (unpaired) electrons. The molecular weight excluding hydrogens is 208 g/mol. The van der Waals surface area contributed by atoms with E-state index in [0.717, 1.165) is 13.0 Å². The predicted molar refractivity (Wildman–Crippen MR) is 71.8 cm³/mol. The molecule has 17 heavy (non-hydrogen) atoms. The first-order chi connectivity index (χ1) is 8.29. The molecule has 0 spiro atoms. The number of hydrogen-bond acceptors (Lipinski definition) is 1. The molecule has 1 aromatic carbocycles. The van der Waals surface area contributed by atoms with E-state index in [-0.39, 0.29) is 0 Å². The van der Waals surface area contributed by atoms with Gasteiger partial charge in [0.1, 0.15) is 0 Å². The van der Waals surface area contributed by atoms with Crippen LogP contribution in [0.2, 0.25) is 0 Å². The van der Waals surface area contributed by atoms with Crippen molar-refractivity contribution in [2.45, 2.75) is 32.9 Å². The Labute approximate surface area is 103 Å². The Bertz CT molecular complexity index is 428. The Morgan fingerprint density at radius 1 is 1.18 bits per heavy atom. The van der Waals surface area contributed by atoms with Gasteiger partial charge in [0.15, 0.2) is 0 Å². The number of nitrogens with one attached hydrogen (secondary N) is 2. The molecule has 0 amide bonds. The Morgan fingerprint density at radius 3 is 2.53 bits per heavy atom. The van der Waals surface area contributed by atoms with E-state index in [2.05, 4.69) is 54.5 Å². The summed E-state index contributed by atoms with van der Waals surface area (Å²) in [6.45, 7) is 5.25. The summed E-state index contributed by atoms with van der Waals surface area (Å²) >= 11 is 0. The molecule has 1 aromatic heterocycles. The summed E-state index contributed by atoms with van der Waals surface area (Å²) in [4.78, 5) is 3.08. The SMILES string of the molecule is CCC(NCc1cc[nH]c1)c1ccc(C)cc1. The van der Waals surface area contributed by atoms with Gasteiger partial charge in [-0.3, -0.25) is 0 Å². The van der Waals surface area contributed by atoms with E-state index >= 15 is 0 Å². The first-order valence-corrected chi connectivity index (χ1v) is 6.21. The maximum absolute atomic E-state index is 3.59. The third kappa shape index (κ3) is 3.21. The van der Waals surface area contributed by atoms with Crippen LogP contribution in [0.1, 0.15) is 36.1 Å². The van der Waals surface area contributed by atoms with Gasteiger partial charge in [-0.2, -0.15) is 0 Å². The fourth-order valence-electron chi connectivity index (χ4n) is 2.01. The largest absolute Gasteiger partial charge is 0.367 e. The van der Waals surface area contributed by atoms with Crippen molar-refractivity contribution in [3.8, 4) is 0 Å². The summed E-state index contributed by atoms with van der Waals surface area (Å²) in [6.07, 6.45) is 5.10. The number of rotatable bonds is 5. The van der Waals surface area contributed by atoms with Crippen molar-refractivity contribution in [1.29, 1.82) is 0 Å². The van der Waals surface area contributed by atoms with Crippen molar-refractivity contribution in [1.82, 2.24) is 10.3 Å². The van der Waals surface area contributed by atoms with E-state index in [4.69, 9.17) is 0 Å². The minimum absolute atomic E-state index is 0.436. The fraction of sp³-hybridized carbons (Fsp3) is 0.333. The molecule has 0 saturated carbocycles. The van der Waals surface area contributed by atoms with Gasteiger partial charge in [-0.25, -0.2) is 0 Å². The van der Waals surface area contributed by atoms with Crippen LogP contribution in [-0.4, -0.2) is 4.98 Å². The molecule has 2 heteroatoms. The smallest absolute Gasteiger partial charge is 0.0320 e. The zero-order valence-electron chi connectivity index (χ0n) is 10.5. The van der Waals surface area contributed by atoms with Crippen molar-refractivity contribution in [2.75, 3.05) is 0 Å². The van der Waals surface area contributed by atoms with Gasteiger partial charge in [-0.1, -0.05) is 36.8 Å².